The summed E-state index contributed by atoms with van der Waals surface area (Å²) in [4.78, 5) is 11.7. The number of alkyl halides is 3. The fourth-order valence-electron chi connectivity index (χ4n) is 2.12. The monoisotopic (exact) mass is 286 g/mol. The number of rotatable bonds is 5. The van der Waals surface area contributed by atoms with Crippen molar-refractivity contribution in [2.75, 3.05) is 19.6 Å². The van der Waals surface area contributed by atoms with Crippen LogP contribution in [0.3, 0.4) is 0 Å². The third kappa shape index (κ3) is 3.96. The minimum Gasteiger partial charge on any atom is -0.356 e. The fraction of sp³-hybridized carbons (Fsp3) is 0.500. The van der Waals surface area contributed by atoms with Crippen molar-refractivity contribution in [2.24, 2.45) is 5.92 Å². The molecule has 1 aliphatic rings. The van der Waals surface area contributed by atoms with Crippen LogP contribution in [0.25, 0.3) is 0 Å². The number of benzene rings is 1. The van der Waals surface area contributed by atoms with Gasteiger partial charge in [-0.15, -0.1) is 0 Å². The number of nitrogens with one attached hydrogen (secondary N) is 2. The van der Waals surface area contributed by atoms with Gasteiger partial charge in [-0.2, -0.15) is 13.2 Å². The van der Waals surface area contributed by atoms with Gasteiger partial charge in [-0.1, -0.05) is 30.3 Å². The van der Waals surface area contributed by atoms with E-state index >= 15 is 0 Å². The molecule has 0 spiro atoms. The summed E-state index contributed by atoms with van der Waals surface area (Å²) in [6.45, 7) is 2.05. The van der Waals surface area contributed by atoms with Gasteiger partial charge in [0.25, 0.3) is 0 Å². The van der Waals surface area contributed by atoms with Crippen molar-refractivity contribution in [1.29, 1.82) is 0 Å². The second-order valence-electron chi connectivity index (χ2n) is 5.04. The SMILES string of the molecule is O=C(CC(c1ccccc1)C(F)(F)F)NCC1CNC1. The largest absolute Gasteiger partial charge is 0.396 e. The molecule has 1 atom stereocenters. The topological polar surface area (TPSA) is 41.1 Å². The van der Waals surface area contributed by atoms with Crippen molar-refractivity contribution in [3.05, 3.63) is 35.9 Å². The zero-order chi connectivity index (χ0) is 14.6. The third-order valence-corrected chi connectivity index (χ3v) is 3.44. The highest BCUT2D eigenvalue weighted by molar-refractivity contribution is 5.77. The average Bonchev–Trinajstić information content (AvgIpc) is 2.34. The molecule has 2 N–H and O–H groups in total. The number of hydrogen-bond donors (Lipinski definition) is 2. The highest BCUT2D eigenvalue weighted by Crippen LogP contribution is 2.37. The molecular formula is C14H17F3N2O. The molecule has 1 aromatic carbocycles. The molecular weight excluding hydrogens is 269 g/mol. The summed E-state index contributed by atoms with van der Waals surface area (Å²) in [5.41, 5.74) is 0.125. The Morgan fingerprint density at radius 2 is 1.95 bits per heavy atom. The first-order valence-corrected chi connectivity index (χ1v) is 6.56. The molecule has 6 heteroatoms. The Hall–Kier alpha value is -1.56. The quantitative estimate of drug-likeness (QED) is 0.870. The molecule has 0 radical (unpaired) electrons. The van der Waals surface area contributed by atoms with Crippen LogP contribution in [0.15, 0.2) is 30.3 Å². The first kappa shape index (κ1) is 14.8. The van der Waals surface area contributed by atoms with Crippen LogP contribution in [0.2, 0.25) is 0 Å². The van der Waals surface area contributed by atoms with E-state index in [1.54, 1.807) is 18.2 Å². The number of carbonyl (C=O) groups is 1. The number of carbonyl (C=O) groups excluding carboxylic acids is 1. The van der Waals surface area contributed by atoms with Crippen LogP contribution in [0.4, 0.5) is 13.2 Å². The van der Waals surface area contributed by atoms with Gasteiger partial charge in [0.15, 0.2) is 0 Å². The standard InChI is InChI=1S/C14H17F3N2O/c15-14(16,17)12(11-4-2-1-3-5-11)6-13(20)19-9-10-7-18-8-10/h1-5,10,12,18H,6-9H2,(H,19,20). The summed E-state index contributed by atoms with van der Waals surface area (Å²) in [5.74, 6) is -1.97. The molecule has 0 saturated carbocycles. The summed E-state index contributed by atoms with van der Waals surface area (Å²) in [6.07, 6.45) is -4.98. The normalized spacial score (nSPS) is 17.4. The van der Waals surface area contributed by atoms with Gasteiger partial charge in [-0.05, 0) is 5.56 Å². The lowest BCUT2D eigenvalue weighted by molar-refractivity contribution is -0.157. The van der Waals surface area contributed by atoms with Gasteiger partial charge in [0.1, 0.15) is 0 Å². The number of amides is 1. The first-order chi connectivity index (χ1) is 9.47. The Labute approximate surface area is 115 Å². The van der Waals surface area contributed by atoms with Crippen molar-refractivity contribution in [2.45, 2.75) is 18.5 Å². The van der Waals surface area contributed by atoms with Gasteiger partial charge in [0.2, 0.25) is 5.91 Å². The summed E-state index contributed by atoms with van der Waals surface area (Å²) in [6, 6.07) is 7.56. The Morgan fingerprint density at radius 3 is 2.45 bits per heavy atom. The summed E-state index contributed by atoms with van der Waals surface area (Å²) < 4.78 is 39.2. The van der Waals surface area contributed by atoms with Crippen LogP contribution in [0.1, 0.15) is 17.9 Å². The average molecular weight is 286 g/mol. The zero-order valence-electron chi connectivity index (χ0n) is 10.9. The highest BCUT2D eigenvalue weighted by atomic mass is 19.4. The summed E-state index contributed by atoms with van der Waals surface area (Å²) in [7, 11) is 0. The third-order valence-electron chi connectivity index (χ3n) is 3.44. The fourth-order valence-corrected chi connectivity index (χ4v) is 2.12. The lowest BCUT2D eigenvalue weighted by Gasteiger charge is -2.27. The van der Waals surface area contributed by atoms with Crippen LogP contribution < -0.4 is 10.6 Å². The van der Waals surface area contributed by atoms with Gasteiger partial charge in [-0.25, -0.2) is 0 Å². The minimum absolute atomic E-state index is 0.125. The second kappa shape index (κ2) is 6.26. The van der Waals surface area contributed by atoms with Gasteiger partial charge < -0.3 is 10.6 Å². The molecule has 1 aliphatic heterocycles. The van der Waals surface area contributed by atoms with Gasteiger partial charge in [-0.3, -0.25) is 4.79 Å². The molecule has 0 aromatic heterocycles. The van der Waals surface area contributed by atoms with E-state index in [1.165, 1.54) is 12.1 Å². The molecule has 20 heavy (non-hydrogen) atoms. The number of hydrogen-bond acceptors (Lipinski definition) is 2. The summed E-state index contributed by atoms with van der Waals surface area (Å²) >= 11 is 0. The van der Waals surface area contributed by atoms with Crippen LogP contribution >= 0.6 is 0 Å². The van der Waals surface area contributed by atoms with Gasteiger partial charge in [0.05, 0.1) is 5.92 Å². The van der Waals surface area contributed by atoms with E-state index in [1.807, 2.05) is 0 Å². The molecule has 1 unspecified atom stereocenters. The Bertz CT molecular complexity index is 443. The maximum Gasteiger partial charge on any atom is 0.396 e. The van der Waals surface area contributed by atoms with E-state index in [4.69, 9.17) is 0 Å². The van der Waals surface area contributed by atoms with Crippen LogP contribution in [0.5, 0.6) is 0 Å². The van der Waals surface area contributed by atoms with Gasteiger partial charge in [0, 0.05) is 32.0 Å². The highest BCUT2D eigenvalue weighted by Gasteiger charge is 2.41. The first-order valence-electron chi connectivity index (χ1n) is 6.56. The Balaban J connectivity index is 1.95. The number of halogens is 3. The van der Waals surface area contributed by atoms with Crippen LogP contribution in [-0.2, 0) is 4.79 Å². The zero-order valence-corrected chi connectivity index (χ0v) is 10.9. The van der Waals surface area contributed by atoms with E-state index in [-0.39, 0.29) is 5.56 Å². The Kier molecular flexibility index (Phi) is 4.65. The molecule has 0 bridgehead atoms. The smallest absolute Gasteiger partial charge is 0.356 e. The van der Waals surface area contributed by atoms with Crippen molar-refractivity contribution >= 4 is 5.91 Å². The van der Waals surface area contributed by atoms with Crippen LogP contribution in [0, 0.1) is 5.92 Å². The van der Waals surface area contributed by atoms with E-state index in [2.05, 4.69) is 10.6 Å². The van der Waals surface area contributed by atoms with Crippen molar-refractivity contribution in [1.82, 2.24) is 10.6 Å². The lowest BCUT2D eigenvalue weighted by atomic mass is 9.94. The predicted octanol–water partition coefficient (Wildman–Crippen LogP) is 2.06. The molecule has 2 rings (SSSR count). The van der Waals surface area contributed by atoms with E-state index in [9.17, 15) is 18.0 Å². The van der Waals surface area contributed by atoms with E-state index in [0.29, 0.717) is 12.5 Å². The van der Waals surface area contributed by atoms with Crippen LogP contribution in [-0.4, -0.2) is 31.7 Å². The molecule has 1 fully saturated rings. The molecule has 1 amide bonds. The lowest BCUT2D eigenvalue weighted by Crippen LogP contribution is -2.48. The van der Waals surface area contributed by atoms with Crippen molar-refractivity contribution < 1.29 is 18.0 Å². The molecule has 3 nitrogen and oxygen atoms in total. The molecule has 1 heterocycles. The predicted molar refractivity (Wildman–Crippen MR) is 69.2 cm³/mol. The van der Waals surface area contributed by atoms with E-state index < -0.39 is 24.4 Å². The van der Waals surface area contributed by atoms with Gasteiger partial charge >= 0.3 is 6.18 Å². The van der Waals surface area contributed by atoms with E-state index in [0.717, 1.165) is 13.1 Å². The molecule has 1 saturated heterocycles. The molecule has 1 aromatic rings. The molecule has 0 aliphatic carbocycles. The van der Waals surface area contributed by atoms with Crippen molar-refractivity contribution in [3.63, 3.8) is 0 Å². The minimum atomic E-state index is -4.42. The maximum absolute atomic E-state index is 13.1. The molecule has 110 valence electrons. The van der Waals surface area contributed by atoms with Crippen molar-refractivity contribution in [3.8, 4) is 0 Å². The maximum atomic E-state index is 13.1. The Morgan fingerprint density at radius 1 is 1.30 bits per heavy atom. The summed E-state index contributed by atoms with van der Waals surface area (Å²) in [5, 5.41) is 5.62. The second-order valence-corrected chi connectivity index (χ2v) is 5.04.